The lowest BCUT2D eigenvalue weighted by Gasteiger charge is -2.16. The Bertz CT molecular complexity index is 781. The summed E-state index contributed by atoms with van der Waals surface area (Å²) in [5, 5.41) is 2.66. The van der Waals surface area contributed by atoms with Crippen LogP contribution in [0.2, 0.25) is 0 Å². The zero-order valence-electron chi connectivity index (χ0n) is 16.5. The molecule has 28 heavy (non-hydrogen) atoms. The smallest absolute Gasteiger partial charge is 0.313 e. The minimum absolute atomic E-state index is 0.390. The fraction of sp³-hybridized carbons (Fsp3) is 0.333. The SMILES string of the molecule is CCC(C(=O)OCC(=O)Nc1cc(OC)c(OC)c(OC)c1)c1ccccc1. The van der Waals surface area contributed by atoms with Crippen molar-refractivity contribution in [1.82, 2.24) is 0 Å². The largest absolute Gasteiger partial charge is 0.493 e. The zero-order chi connectivity index (χ0) is 20.5. The van der Waals surface area contributed by atoms with Gasteiger partial charge in [-0.3, -0.25) is 9.59 Å². The first-order chi connectivity index (χ1) is 13.5. The monoisotopic (exact) mass is 387 g/mol. The molecular weight excluding hydrogens is 362 g/mol. The highest BCUT2D eigenvalue weighted by atomic mass is 16.5. The van der Waals surface area contributed by atoms with Crippen molar-refractivity contribution in [2.24, 2.45) is 0 Å². The number of ether oxygens (including phenoxy) is 4. The number of nitrogens with one attached hydrogen (secondary N) is 1. The lowest BCUT2D eigenvalue weighted by molar-refractivity contribution is -0.149. The lowest BCUT2D eigenvalue weighted by atomic mass is 9.97. The van der Waals surface area contributed by atoms with Crippen LogP contribution in [0.3, 0.4) is 0 Å². The summed E-state index contributed by atoms with van der Waals surface area (Å²) in [6.07, 6.45) is 0.581. The average molecular weight is 387 g/mol. The summed E-state index contributed by atoms with van der Waals surface area (Å²) >= 11 is 0. The van der Waals surface area contributed by atoms with E-state index in [4.69, 9.17) is 18.9 Å². The molecule has 2 aromatic carbocycles. The molecule has 0 aliphatic carbocycles. The Labute approximate surface area is 164 Å². The summed E-state index contributed by atoms with van der Waals surface area (Å²) in [7, 11) is 4.47. The molecule has 2 aromatic rings. The number of amides is 1. The van der Waals surface area contributed by atoms with Crippen LogP contribution in [0.15, 0.2) is 42.5 Å². The number of benzene rings is 2. The van der Waals surface area contributed by atoms with Gasteiger partial charge in [-0.1, -0.05) is 37.3 Å². The van der Waals surface area contributed by atoms with Crippen molar-refractivity contribution in [3.63, 3.8) is 0 Å². The van der Waals surface area contributed by atoms with Crippen molar-refractivity contribution in [1.29, 1.82) is 0 Å². The quantitative estimate of drug-likeness (QED) is 0.664. The van der Waals surface area contributed by atoms with Crippen LogP contribution in [0.25, 0.3) is 0 Å². The van der Waals surface area contributed by atoms with Crippen molar-refractivity contribution in [3.05, 3.63) is 48.0 Å². The Balaban J connectivity index is 2.01. The Morgan fingerprint density at radius 1 is 0.964 bits per heavy atom. The van der Waals surface area contributed by atoms with E-state index in [2.05, 4.69) is 5.32 Å². The first kappa shape index (κ1) is 21.1. The van der Waals surface area contributed by atoms with Gasteiger partial charge in [0, 0.05) is 17.8 Å². The van der Waals surface area contributed by atoms with Gasteiger partial charge in [0.25, 0.3) is 5.91 Å². The molecule has 1 amide bonds. The first-order valence-corrected chi connectivity index (χ1v) is 8.85. The fourth-order valence-corrected chi connectivity index (χ4v) is 2.81. The van der Waals surface area contributed by atoms with E-state index in [1.807, 2.05) is 37.3 Å². The average Bonchev–Trinajstić information content (AvgIpc) is 2.72. The molecule has 7 nitrogen and oxygen atoms in total. The second kappa shape index (κ2) is 10.2. The van der Waals surface area contributed by atoms with Gasteiger partial charge in [-0.15, -0.1) is 0 Å². The third-order valence-electron chi connectivity index (χ3n) is 4.19. The Morgan fingerprint density at radius 2 is 1.57 bits per heavy atom. The maximum atomic E-state index is 12.4. The third-order valence-corrected chi connectivity index (χ3v) is 4.19. The van der Waals surface area contributed by atoms with E-state index >= 15 is 0 Å². The van der Waals surface area contributed by atoms with Crippen LogP contribution in [0, 0.1) is 0 Å². The molecule has 1 unspecified atom stereocenters. The number of esters is 1. The molecule has 0 saturated carbocycles. The summed E-state index contributed by atoms with van der Waals surface area (Å²) in [5.41, 5.74) is 1.30. The van der Waals surface area contributed by atoms with Gasteiger partial charge in [-0.05, 0) is 12.0 Å². The normalized spacial score (nSPS) is 11.3. The Kier molecular flexibility index (Phi) is 7.68. The molecule has 0 spiro atoms. The van der Waals surface area contributed by atoms with Crippen LogP contribution >= 0.6 is 0 Å². The van der Waals surface area contributed by atoms with Crippen molar-refractivity contribution < 1.29 is 28.5 Å². The molecule has 0 heterocycles. The maximum absolute atomic E-state index is 12.4. The summed E-state index contributed by atoms with van der Waals surface area (Å²) in [6, 6.07) is 12.5. The summed E-state index contributed by atoms with van der Waals surface area (Å²) in [4.78, 5) is 24.6. The minimum atomic E-state index is -0.467. The van der Waals surface area contributed by atoms with E-state index in [9.17, 15) is 9.59 Å². The number of carbonyl (C=O) groups is 2. The second-order valence-electron chi connectivity index (χ2n) is 5.94. The predicted molar refractivity (Wildman–Crippen MR) is 105 cm³/mol. The van der Waals surface area contributed by atoms with Gasteiger partial charge in [-0.25, -0.2) is 0 Å². The van der Waals surface area contributed by atoms with E-state index in [0.717, 1.165) is 5.56 Å². The molecule has 1 N–H and O–H groups in total. The van der Waals surface area contributed by atoms with E-state index in [0.29, 0.717) is 29.4 Å². The number of anilines is 1. The molecule has 0 aliphatic rings. The lowest BCUT2D eigenvalue weighted by Crippen LogP contribution is -2.24. The van der Waals surface area contributed by atoms with Crippen LogP contribution in [0.4, 0.5) is 5.69 Å². The Hall–Kier alpha value is -3.22. The molecule has 0 fully saturated rings. The number of hydrogen-bond donors (Lipinski definition) is 1. The van der Waals surface area contributed by atoms with E-state index < -0.39 is 24.4 Å². The van der Waals surface area contributed by atoms with Crippen molar-refractivity contribution in [2.75, 3.05) is 33.3 Å². The van der Waals surface area contributed by atoms with Crippen LogP contribution in [-0.2, 0) is 14.3 Å². The molecule has 7 heteroatoms. The molecule has 0 bridgehead atoms. The molecule has 0 aromatic heterocycles. The molecule has 0 aliphatic heterocycles. The van der Waals surface area contributed by atoms with Crippen LogP contribution in [0.1, 0.15) is 24.8 Å². The molecular formula is C21H25NO6. The molecule has 0 saturated heterocycles. The van der Waals surface area contributed by atoms with Crippen LogP contribution < -0.4 is 19.5 Å². The van der Waals surface area contributed by atoms with Crippen molar-refractivity contribution in [3.8, 4) is 17.2 Å². The maximum Gasteiger partial charge on any atom is 0.313 e. The van der Waals surface area contributed by atoms with Gasteiger partial charge in [0.15, 0.2) is 18.1 Å². The van der Waals surface area contributed by atoms with Gasteiger partial charge >= 0.3 is 5.97 Å². The highest BCUT2D eigenvalue weighted by molar-refractivity contribution is 5.94. The molecule has 2 rings (SSSR count). The van der Waals surface area contributed by atoms with Crippen LogP contribution in [0.5, 0.6) is 17.2 Å². The number of carbonyl (C=O) groups excluding carboxylic acids is 2. The summed E-state index contributed by atoms with van der Waals surface area (Å²) < 4.78 is 21.0. The highest BCUT2D eigenvalue weighted by Crippen LogP contribution is 2.39. The fourth-order valence-electron chi connectivity index (χ4n) is 2.81. The van der Waals surface area contributed by atoms with Gasteiger partial charge < -0.3 is 24.3 Å². The van der Waals surface area contributed by atoms with Gasteiger partial charge in [0.1, 0.15) is 0 Å². The second-order valence-corrected chi connectivity index (χ2v) is 5.94. The topological polar surface area (TPSA) is 83.1 Å². The van der Waals surface area contributed by atoms with Crippen LogP contribution in [-0.4, -0.2) is 39.8 Å². The predicted octanol–water partition coefficient (Wildman–Crippen LogP) is 3.39. The number of hydrogen-bond acceptors (Lipinski definition) is 6. The van der Waals surface area contributed by atoms with Gasteiger partial charge in [-0.2, -0.15) is 0 Å². The minimum Gasteiger partial charge on any atom is -0.493 e. The molecule has 1 atom stereocenters. The van der Waals surface area contributed by atoms with Crippen molar-refractivity contribution in [2.45, 2.75) is 19.3 Å². The molecule has 150 valence electrons. The highest BCUT2D eigenvalue weighted by Gasteiger charge is 2.21. The van der Waals surface area contributed by atoms with E-state index in [1.165, 1.54) is 21.3 Å². The summed E-state index contributed by atoms with van der Waals surface area (Å²) in [5.74, 6) is -0.0777. The van der Waals surface area contributed by atoms with Gasteiger partial charge in [0.2, 0.25) is 5.75 Å². The van der Waals surface area contributed by atoms with E-state index in [1.54, 1.807) is 12.1 Å². The van der Waals surface area contributed by atoms with E-state index in [-0.39, 0.29) is 0 Å². The standard InChI is InChI=1S/C21H25NO6/c1-5-16(14-9-7-6-8-10-14)21(24)28-13-19(23)22-15-11-17(25-2)20(27-4)18(12-15)26-3/h6-12,16H,5,13H2,1-4H3,(H,22,23). The Morgan fingerprint density at radius 3 is 2.07 bits per heavy atom. The van der Waals surface area contributed by atoms with Gasteiger partial charge in [0.05, 0.1) is 27.2 Å². The zero-order valence-corrected chi connectivity index (χ0v) is 16.5. The third kappa shape index (κ3) is 5.16. The van der Waals surface area contributed by atoms with Crippen molar-refractivity contribution >= 4 is 17.6 Å². The molecule has 0 radical (unpaired) electrons. The first-order valence-electron chi connectivity index (χ1n) is 8.85. The number of rotatable bonds is 9. The number of methoxy groups -OCH3 is 3. The summed E-state index contributed by atoms with van der Waals surface area (Å²) in [6.45, 7) is 1.51.